The van der Waals surface area contributed by atoms with E-state index < -0.39 is 17.3 Å². The molecule has 0 atom stereocenters. The van der Waals surface area contributed by atoms with E-state index in [-0.39, 0.29) is 5.56 Å². The van der Waals surface area contributed by atoms with Gasteiger partial charge in [-0.2, -0.15) is 13.2 Å². The molecule has 0 saturated heterocycles. The van der Waals surface area contributed by atoms with Crippen molar-refractivity contribution in [2.24, 2.45) is 0 Å². The van der Waals surface area contributed by atoms with Crippen LogP contribution in [0.3, 0.4) is 0 Å². The van der Waals surface area contributed by atoms with Gasteiger partial charge in [0.25, 0.3) is 0 Å². The van der Waals surface area contributed by atoms with Crippen LogP contribution in [0.15, 0.2) is 18.2 Å². The van der Waals surface area contributed by atoms with Gasteiger partial charge in [0.1, 0.15) is 0 Å². The number of alkyl halides is 3. The van der Waals surface area contributed by atoms with Crippen molar-refractivity contribution in [1.29, 1.82) is 0 Å². The molecular weight excluding hydrogens is 205 g/mol. The summed E-state index contributed by atoms with van der Waals surface area (Å²) in [4.78, 5) is 0. The predicted octanol–water partition coefficient (Wildman–Crippen LogP) is 3.24. The van der Waals surface area contributed by atoms with Gasteiger partial charge in [0.2, 0.25) is 0 Å². The maximum absolute atomic E-state index is 12.6. The summed E-state index contributed by atoms with van der Waals surface area (Å²) in [6.07, 6.45) is -4.43. The molecule has 0 spiro atoms. The van der Waals surface area contributed by atoms with Gasteiger partial charge in [-0.1, -0.05) is 12.1 Å². The number of hydrogen-bond donors (Lipinski definition) is 1. The molecule has 0 aromatic heterocycles. The lowest BCUT2D eigenvalue weighted by Crippen LogP contribution is -2.23. The van der Waals surface area contributed by atoms with Gasteiger partial charge < -0.3 is 5.11 Å². The number of aryl methyl sites for hydroxylation is 1. The summed E-state index contributed by atoms with van der Waals surface area (Å²) in [5.74, 6) is 0. The van der Waals surface area contributed by atoms with Gasteiger partial charge in [-0.3, -0.25) is 0 Å². The summed E-state index contributed by atoms with van der Waals surface area (Å²) >= 11 is 0. The first-order valence-corrected chi connectivity index (χ1v) is 4.53. The molecule has 1 aromatic rings. The van der Waals surface area contributed by atoms with Gasteiger partial charge in [0, 0.05) is 0 Å². The smallest absolute Gasteiger partial charge is 0.386 e. The molecule has 0 radical (unpaired) electrons. The van der Waals surface area contributed by atoms with Crippen LogP contribution in [0.5, 0.6) is 0 Å². The number of rotatable bonds is 1. The number of hydrogen-bond acceptors (Lipinski definition) is 1. The second-order valence-corrected chi connectivity index (χ2v) is 4.05. The average Bonchev–Trinajstić information content (AvgIpc) is 1.99. The summed E-state index contributed by atoms with van der Waals surface area (Å²) in [7, 11) is 0. The van der Waals surface area contributed by atoms with Crippen LogP contribution in [0, 0.1) is 6.92 Å². The molecule has 4 heteroatoms. The fourth-order valence-corrected chi connectivity index (χ4v) is 1.72. The standard InChI is InChI=1S/C11H13F3O/c1-7-5-4-6-8(11(12,13)14)9(7)10(2,3)15/h4-6,15H,1-3H3. The first-order chi connectivity index (χ1) is 6.64. The van der Waals surface area contributed by atoms with Crippen LogP contribution in [0.1, 0.15) is 30.5 Å². The summed E-state index contributed by atoms with van der Waals surface area (Å²) in [5.41, 5.74) is -1.87. The molecular formula is C11H13F3O. The molecule has 84 valence electrons. The maximum atomic E-state index is 12.6. The molecule has 0 saturated carbocycles. The van der Waals surface area contributed by atoms with Gasteiger partial charge >= 0.3 is 6.18 Å². The van der Waals surface area contributed by atoms with Crippen molar-refractivity contribution in [1.82, 2.24) is 0 Å². The third kappa shape index (κ3) is 2.50. The van der Waals surface area contributed by atoms with E-state index in [0.29, 0.717) is 5.56 Å². The molecule has 1 aromatic carbocycles. The molecule has 0 aliphatic rings. The Bertz CT molecular complexity index is 361. The van der Waals surface area contributed by atoms with Gasteiger partial charge in [-0.25, -0.2) is 0 Å². The van der Waals surface area contributed by atoms with Gasteiger partial charge in [-0.05, 0) is 38.0 Å². The van der Waals surface area contributed by atoms with E-state index in [1.807, 2.05) is 0 Å². The van der Waals surface area contributed by atoms with E-state index in [1.54, 1.807) is 13.0 Å². The lowest BCUT2D eigenvalue weighted by molar-refractivity contribution is -0.140. The number of benzene rings is 1. The number of halogens is 3. The molecule has 1 rings (SSSR count). The average molecular weight is 218 g/mol. The Labute approximate surface area is 86.5 Å². The zero-order valence-electron chi connectivity index (χ0n) is 8.81. The van der Waals surface area contributed by atoms with Crippen molar-refractivity contribution >= 4 is 0 Å². The quantitative estimate of drug-likeness (QED) is 0.767. The fraction of sp³-hybridized carbons (Fsp3) is 0.455. The molecule has 0 amide bonds. The molecule has 0 aliphatic heterocycles. The predicted molar refractivity (Wildman–Crippen MR) is 51.4 cm³/mol. The van der Waals surface area contributed by atoms with E-state index in [2.05, 4.69) is 0 Å². The van der Waals surface area contributed by atoms with E-state index in [9.17, 15) is 18.3 Å². The third-order valence-corrected chi connectivity index (χ3v) is 2.19. The van der Waals surface area contributed by atoms with Crippen molar-refractivity contribution in [3.05, 3.63) is 34.9 Å². The second-order valence-electron chi connectivity index (χ2n) is 4.05. The molecule has 0 bridgehead atoms. The van der Waals surface area contributed by atoms with Crippen molar-refractivity contribution in [3.63, 3.8) is 0 Å². The highest BCUT2D eigenvalue weighted by molar-refractivity contribution is 5.39. The van der Waals surface area contributed by atoms with Crippen LogP contribution in [0.25, 0.3) is 0 Å². The van der Waals surface area contributed by atoms with Crippen LogP contribution < -0.4 is 0 Å². The van der Waals surface area contributed by atoms with E-state index in [4.69, 9.17) is 0 Å². The highest BCUT2D eigenvalue weighted by Gasteiger charge is 2.37. The Morgan fingerprint density at radius 1 is 1.13 bits per heavy atom. The molecule has 1 N–H and O–H groups in total. The minimum Gasteiger partial charge on any atom is -0.386 e. The largest absolute Gasteiger partial charge is 0.416 e. The minimum absolute atomic E-state index is 0.0579. The Morgan fingerprint density at radius 3 is 2.00 bits per heavy atom. The maximum Gasteiger partial charge on any atom is 0.416 e. The molecule has 0 fully saturated rings. The van der Waals surface area contributed by atoms with Crippen LogP contribution in [-0.4, -0.2) is 5.11 Å². The summed E-state index contributed by atoms with van der Waals surface area (Å²) < 4.78 is 37.9. The van der Waals surface area contributed by atoms with Crippen LogP contribution >= 0.6 is 0 Å². The number of aliphatic hydroxyl groups is 1. The zero-order chi connectivity index (χ0) is 11.9. The fourth-order valence-electron chi connectivity index (χ4n) is 1.72. The van der Waals surface area contributed by atoms with Crippen molar-refractivity contribution < 1.29 is 18.3 Å². The van der Waals surface area contributed by atoms with E-state index in [0.717, 1.165) is 6.07 Å². The minimum atomic E-state index is -4.43. The van der Waals surface area contributed by atoms with Crippen molar-refractivity contribution in [2.75, 3.05) is 0 Å². The first-order valence-electron chi connectivity index (χ1n) is 4.53. The van der Waals surface area contributed by atoms with Crippen LogP contribution in [-0.2, 0) is 11.8 Å². The zero-order valence-corrected chi connectivity index (χ0v) is 8.81. The molecule has 1 nitrogen and oxygen atoms in total. The highest BCUT2D eigenvalue weighted by Crippen LogP contribution is 2.37. The second kappa shape index (κ2) is 3.52. The Kier molecular flexibility index (Phi) is 2.83. The van der Waals surface area contributed by atoms with Crippen LogP contribution in [0.2, 0.25) is 0 Å². The topological polar surface area (TPSA) is 20.2 Å². The molecule has 0 unspecified atom stereocenters. The Balaban J connectivity index is 3.48. The van der Waals surface area contributed by atoms with Gasteiger partial charge in [0.15, 0.2) is 0 Å². The van der Waals surface area contributed by atoms with E-state index in [1.165, 1.54) is 19.9 Å². The summed E-state index contributed by atoms with van der Waals surface area (Å²) in [6.45, 7) is 4.26. The summed E-state index contributed by atoms with van der Waals surface area (Å²) in [6, 6.07) is 3.89. The molecule has 15 heavy (non-hydrogen) atoms. The lowest BCUT2D eigenvalue weighted by Gasteiger charge is -2.25. The third-order valence-electron chi connectivity index (χ3n) is 2.19. The van der Waals surface area contributed by atoms with E-state index >= 15 is 0 Å². The SMILES string of the molecule is Cc1cccc(C(F)(F)F)c1C(C)(C)O. The van der Waals surface area contributed by atoms with Gasteiger partial charge in [0.05, 0.1) is 11.2 Å². The molecule has 0 aliphatic carbocycles. The van der Waals surface area contributed by atoms with Gasteiger partial charge in [-0.15, -0.1) is 0 Å². The Hall–Kier alpha value is -1.03. The summed E-state index contributed by atoms with van der Waals surface area (Å²) in [5, 5.41) is 9.71. The first kappa shape index (κ1) is 12.0. The molecule has 0 heterocycles. The van der Waals surface area contributed by atoms with Crippen molar-refractivity contribution in [3.8, 4) is 0 Å². The normalized spacial score (nSPS) is 13.0. The Morgan fingerprint density at radius 2 is 1.67 bits per heavy atom. The lowest BCUT2D eigenvalue weighted by atomic mass is 9.89. The van der Waals surface area contributed by atoms with Crippen molar-refractivity contribution in [2.45, 2.75) is 32.5 Å². The highest BCUT2D eigenvalue weighted by atomic mass is 19.4. The monoisotopic (exact) mass is 218 g/mol. The van der Waals surface area contributed by atoms with Crippen LogP contribution in [0.4, 0.5) is 13.2 Å².